The molecule has 1 aromatic heterocycles. The van der Waals surface area contributed by atoms with E-state index in [1.54, 1.807) is 7.11 Å². The van der Waals surface area contributed by atoms with Gasteiger partial charge in [-0.1, -0.05) is 0 Å². The van der Waals surface area contributed by atoms with Crippen molar-refractivity contribution in [2.75, 3.05) is 29.7 Å². The molecule has 1 saturated heterocycles. The minimum absolute atomic E-state index is 0.376. The Hall–Kier alpha value is -1.17. The molecule has 15 heavy (non-hydrogen) atoms. The molecule has 0 bridgehead atoms. The molecule has 0 aromatic carbocycles. The van der Waals surface area contributed by atoms with E-state index < -0.39 is 0 Å². The average molecular weight is 226 g/mol. The Kier molecular flexibility index (Phi) is 3.15. The predicted octanol–water partition coefficient (Wildman–Crippen LogP) is 0.985. The number of nitrogen functional groups attached to an aromatic ring is 1. The minimum Gasteiger partial charge on any atom is -0.490 e. The third-order valence-electron chi connectivity index (χ3n) is 2.31. The minimum atomic E-state index is 0.376. The van der Waals surface area contributed by atoms with Gasteiger partial charge in [-0.25, -0.2) is 9.97 Å². The summed E-state index contributed by atoms with van der Waals surface area (Å²) in [6.07, 6.45) is 2.60. The molecular formula is C9H14N4OS. The summed E-state index contributed by atoms with van der Waals surface area (Å²) in [5, 5.41) is 3.32. The Morgan fingerprint density at radius 1 is 1.60 bits per heavy atom. The van der Waals surface area contributed by atoms with Gasteiger partial charge >= 0.3 is 0 Å². The van der Waals surface area contributed by atoms with E-state index in [1.165, 1.54) is 12.1 Å². The Labute approximate surface area is 92.8 Å². The van der Waals surface area contributed by atoms with Crippen molar-refractivity contribution in [1.29, 1.82) is 0 Å². The number of methoxy groups -OCH3 is 1. The van der Waals surface area contributed by atoms with Crippen molar-refractivity contribution in [1.82, 2.24) is 9.97 Å². The van der Waals surface area contributed by atoms with Gasteiger partial charge in [0.2, 0.25) is 5.75 Å². The standard InChI is InChI=1S/C9H14N4OS/c1-14-7-8(10)11-5-12-9(7)13-6-2-3-15-4-6/h5-6H,2-4H2,1H3,(H3,10,11,12,13). The molecule has 0 radical (unpaired) electrons. The smallest absolute Gasteiger partial charge is 0.203 e. The lowest BCUT2D eigenvalue weighted by molar-refractivity contribution is 0.415. The second kappa shape index (κ2) is 4.57. The predicted molar refractivity (Wildman–Crippen MR) is 62.3 cm³/mol. The summed E-state index contributed by atoms with van der Waals surface area (Å²) in [4.78, 5) is 8.02. The Balaban J connectivity index is 2.15. The number of ether oxygens (including phenoxy) is 1. The monoisotopic (exact) mass is 226 g/mol. The molecule has 5 nitrogen and oxygen atoms in total. The van der Waals surface area contributed by atoms with Crippen LogP contribution in [0.4, 0.5) is 11.6 Å². The van der Waals surface area contributed by atoms with E-state index in [9.17, 15) is 0 Å². The fraction of sp³-hybridized carbons (Fsp3) is 0.556. The summed E-state index contributed by atoms with van der Waals surface area (Å²) in [7, 11) is 1.57. The molecule has 0 spiro atoms. The van der Waals surface area contributed by atoms with Gasteiger partial charge in [0.1, 0.15) is 6.33 Å². The van der Waals surface area contributed by atoms with Gasteiger partial charge in [-0.05, 0) is 12.2 Å². The van der Waals surface area contributed by atoms with Crippen molar-refractivity contribution >= 4 is 23.4 Å². The number of nitrogens with zero attached hydrogens (tertiary/aromatic N) is 2. The van der Waals surface area contributed by atoms with Crippen molar-refractivity contribution in [3.05, 3.63) is 6.33 Å². The summed E-state index contributed by atoms with van der Waals surface area (Å²) < 4.78 is 5.17. The van der Waals surface area contributed by atoms with E-state index in [2.05, 4.69) is 15.3 Å². The maximum atomic E-state index is 5.68. The first-order valence-corrected chi connectivity index (χ1v) is 5.95. The highest BCUT2D eigenvalue weighted by Crippen LogP contribution is 2.29. The molecule has 1 aliphatic heterocycles. The van der Waals surface area contributed by atoms with Gasteiger partial charge in [-0.2, -0.15) is 11.8 Å². The maximum absolute atomic E-state index is 5.68. The number of hydrogen-bond donors (Lipinski definition) is 2. The quantitative estimate of drug-likeness (QED) is 0.800. The number of nitrogens with two attached hydrogens (primary N) is 1. The van der Waals surface area contributed by atoms with Crippen LogP contribution in [0.1, 0.15) is 6.42 Å². The molecule has 1 aliphatic rings. The molecule has 2 rings (SSSR count). The first kappa shape index (κ1) is 10.4. The molecule has 0 aliphatic carbocycles. The van der Waals surface area contributed by atoms with Gasteiger partial charge in [0.05, 0.1) is 7.11 Å². The maximum Gasteiger partial charge on any atom is 0.203 e. The molecule has 0 saturated carbocycles. The molecule has 1 atom stereocenters. The van der Waals surface area contributed by atoms with Crippen LogP contribution in [0.15, 0.2) is 6.33 Å². The van der Waals surface area contributed by atoms with Crippen LogP contribution in [0, 0.1) is 0 Å². The fourth-order valence-electron chi connectivity index (χ4n) is 1.53. The Morgan fingerprint density at radius 3 is 3.13 bits per heavy atom. The van der Waals surface area contributed by atoms with Crippen LogP contribution in [0.25, 0.3) is 0 Å². The zero-order chi connectivity index (χ0) is 10.7. The van der Waals surface area contributed by atoms with Gasteiger partial charge in [0.15, 0.2) is 11.6 Å². The lowest BCUT2D eigenvalue weighted by atomic mass is 10.2. The number of aromatic nitrogens is 2. The van der Waals surface area contributed by atoms with Crippen LogP contribution >= 0.6 is 11.8 Å². The largest absolute Gasteiger partial charge is 0.490 e. The van der Waals surface area contributed by atoms with Crippen LogP contribution in [-0.4, -0.2) is 34.6 Å². The van der Waals surface area contributed by atoms with E-state index in [0.717, 1.165) is 12.2 Å². The van der Waals surface area contributed by atoms with Crippen LogP contribution < -0.4 is 15.8 Å². The van der Waals surface area contributed by atoms with Gasteiger partial charge in [0.25, 0.3) is 0 Å². The van der Waals surface area contributed by atoms with Gasteiger partial charge in [-0.15, -0.1) is 0 Å². The highest BCUT2D eigenvalue weighted by molar-refractivity contribution is 7.99. The second-order valence-electron chi connectivity index (χ2n) is 3.35. The lowest BCUT2D eigenvalue weighted by Gasteiger charge is -2.14. The van der Waals surface area contributed by atoms with E-state index in [-0.39, 0.29) is 0 Å². The summed E-state index contributed by atoms with van der Waals surface area (Å²) in [5.74, 6) is 3.90. The van der Waals surface area contributed by atoms with E-state index in [0.29, 0.717) is 23.4 Å². The highest BCUT2D eigenvalue weighted by Gasteiger charge is 2.18. The van der Waals surface area contributed by atoms with Crippen molar-refractivity contribution in [3.8, 4) is 5.75 Å². The topological polar surface area (TPSA) is 73.1 Å². The number of anilines is 2. The molecule has 2 heterocycles. The van der Waals surface area contributed by atoms with Gasteiger partial charge in [-0.3, -0.25) is 0 Å². The van der Waals surface area contributed by atoms with Crippen LogP contribution in [-0.2, 0) is 0 Å². The van der Waals surface area contributed by atoms with Crippen LogP contribution in [0.5, 0.6) is 5.75 Å². The SMILES string of the molecule is COc1c(N)ncnc1NC1CCSC1. The third-order valence-corrected chi connectivity index (χ3v) is 3.47. The molecule has 0 amide bonds. The number of rotatable bonds is 3. The molecule has 1 unspecified atom stereocenters. The summed E-state index contributed by atoms with van der Waals surface area (Å²) in [5.41, 5.74) is 5.68. The lowest BCUT2D eigenvalue weighted by Crippen LogP contribution is -2.19. The van der Waals surface area contributed by atoms with Crippen molar-refractivity contribution < 1.29 is 4.74 Å². The molecule has 6 heteroatoms. The highest BCUT2D eigenvalue weighted by atomic mass is 32.2. The van der Waals surface area contributed by atoms with Crippen molar-refractivity contribution in [2.45, 2.75) is 12.5 Å². The Bertz CT molecular complexity index is 341. The van der Waals surface area contributed by atoms with Crippen molar-refractivity contribution in [3.63, 3.8) is 0 Å². The summed E-state index contributed by atoms with van der Waals surface area (Å²) in [6.45, 7) is 0. The fourth-order valence-corrected chi connectivity index (χ4v) is 2.69. The molecule has 82 valence electrons. The number of nitrogens with one attached hydrogen (secondary N) is 1. The zero-order valence-corrected chi connectivity index (χ0v) is 9.38. The molecule has 1 fully saturated rings. The third kappa shape index (κ3) is 2.26. The second-order valence-corrected chi connectivity index (χ2v) is 4.50. The normalized spacial score (nSPS) is 20.2. The zero-order valence-electron chi connectivity index (χ0n) is 8.56. The molecule has 1 aromatic rings. The first-order valence-electron chi connectivity index (χ1n) is 4.80. The van der Waals surface area contributed by atoms with Gasteiger partial charge in [0, 0.05) is 11.8 Å². The molecular weight excluding hydrogens is 212 g/mol. The first-order chi connectivity index (χ1) is 7.31. The summed E-state index contributed by atoms with van der Waals surface area (Å²) in [6, 6.07) is 0.457. The van der Waals surface area contributed by atoms with Crippen molar-refractivity contribution in [2.24, 2.45) is 0 Å². The van der Waals surface area contributed by atoms with Gasteiger partial charge < -0.3 is 15.8 Å². The van der Waals surface area contributed by atoms with E-state index in [1.807, 2.05) is 11.8 Å². The van der Waals surface area contributed by atoms with Crippen LogP contribution in [0.3, 0.4) is 0 Å². The average Bonchev–Trinajstić information content (AvgIpc) is 2.71. The number of hydrogen-bond acceptors (Lipinski definition) is 6. The van der Waals surface area contributed by atoms with Crippen LogP contribution in [0.2, 0.25) is 0 Å². The Morgan fingerprint density at radius 2 is 2.47 bits per heavy atom. The number of thioether (sulfide) groups is 1. The van der Waals surface area contributed by atoms with E-state index in [4.69, 9.17) is 10.5 Å². The summed E-state index contributed by atoms with van der Waals surface area (Å²) >= 11 is 1.94. The van der Waals surface area contributed by atoms with E-state index >= 15 is 0 Å². The molecule has 3 N–H and O–H groups in total.